The van der Waals surface area contributed by atoms with Crippen LogP contribution in [0.2, 0.25) is 0 Å². The van der Waals surface area contributed by atoms with Gasteiger partial charge in [0.1, 0.15) is 0 Å². The van der Waals surface area contributed by atoms with Gasteiger partial charge in [0.15, 0.2) is 0 Å². The van der Waals surface area contributed by atoms with Crippen LogP contribution in [0.1, 0.15) is 56.6 Å². The Hall–Kier alpha value is -2.62. The average Bonchev–Trinajstić information content (AvgIpc) is 2.78. The Morgan fingerprint density at radius 1 is 0.862 bits per heavy atom. The van der Waals surface area contributed by atoms with Crippen molar-refractivity contribution < 1.29 is 4.79 Å². The molecule has 0 radical (unpaired) electrons. The fourth-order valence-corrected chi connectivity index (χ4v) is 3.72. The van der Waals surface area contributed by atoms with E-state index in [2.05, 4.69) is 53.2 Å². The number of anilines is 1. The highest BCUT2D eigenvalue weighted by Gasteiger charge is 2.20. The Morgan fingerprint density at radius 2 is 1.48 bits per heavy atom. The molecule has 3 rings (SSSR count). The van der Waals surface area contributed by atoms with Crippen LogP contribution in [0, 0.1) is 0 Å². The summed E-state index contributed by atoms with van der Waals surface area (Å²) in [4.78, 5) is 20.9. The number of carbonyl (C=O) groups is 1. The van der Waals surface area contributed by atoms with Crippen LogP contribution in [-0.2, 0) is 4.79 Å². The minimum absolute atomic E-state index is 0.331. The van der Waals surface area contributed by atoms with Crippen molar-refractivity contribution in [2.45, 2.75) is 45.4 Å². The van der Waals surface area contributed by atoms with E-state index in [1.807, 2.05) is 17.0 Å². The maximum absolute atomic E-state index is 12.4. The average molecular weight is 392 g/mol. The van der Waals surface area contributed by atoms with Gasteiger partial charge in [-0.2, -0.15) is 0 Å². The van der Waals surface area contributed by atoms with Crippen LogP contribution in [-0.4, -0.2) is 42.0 Å². The van der Waals surface area contributed by atoms with Crippen molar-refractivity contribution in [3.63, 3.8) is 0 Å². The largest absolute Gasteiger partial charge is 0.368 e. The molecule has 1 saturated heterocycles. The Labute approximate surface area is 175 Å². The molecule has 0 aliphatic carbocycles. The van der Waals surface area contributed by atoms with Crippen molar-refractivity contribution in [2.24, 2.45) is 0 Å². The van der Waals surface area contributed by atoms with Gasteiger partial charge in [-0.25, -0.2) is 0 Å². The second kappa shape index (κ2) is 11.4. The normalized spacial score (nSPS) is 14.5. The lowest BCUT2D eigenvalue weighted by Crippen LogP contribution is -2.48. The number of carbonyl (C=O) groups excluding carboxylic acids is 1. The number of aromatic nitrogens is 1. The summed E-state index contributed by atoms with van der Waals surface area (Å²) in [5.41, 5.74) is 3.57. The zero-order valence-electron chi connectivity index (χ0n) is 17.6. The minimum atomic E-state index is 0.331. The summed E-state index contributed by atoms with van der Waals surface area (Å²) in [6, 6.07) is 12.7. The third-order valence-corrected chi connectivity index (χ3v) is 5.56. The van der Waals surface area contributed by atoms with E-state index in [-0.39, 0.29) is 0 Å². The van der Waals surface area contributed by atoms with E-state index in [4.69, 9.17) is 0 Å². The fraction of sp³-hybridized carbons (Fsp3) is 0.440. The molecule has 154 valence electrons. The summed E-state index contributed by atoms with van der Waals surface area (Å²) in [6.07, 6.45) is 14.5. The van der Waals surface area contributed by atoms with E-state index in [0.717, 1.165) is 38.2 Å². The third kappa shape index (κ3) is 6.74. The van der Waals surface area contributed by atoms with Gasteiger partial charge in [-0.05, 0) is 41.8 Å². The van der Waals surface area contributed by atoms with Crippen molar-refractivity contribution in [1.82, 2.24) is 9.88 Å². The molecule has 1 aliphatic rings. The molecule has 4 nitrogen and oxygen atoms in total. The van der Waals surface area contributed by atoms with Crippen LogP contribution in [0.5, 0.6) is 0 Å². The van der Waals surface area contributed by atoms with E-state index in [1.165, 1.54) is 36.9 Å². The summed E-state index contributed by atoms with van der Waals surface area (Å²) >= 11 is 0. The Balaban J connectivity index is 1.43. The monoisotopic (exact) mass is 391 g/mol. The highest BCUT2D eigenvalue weighted by molar-refractivity contribution is 5.76. The second-order valence-electron chi connectivity index (χ2n) is 7.74. The Kier molecular flexibility index (Phi) is 8.29. The van der Waals surface area contributed by atoms with Gasteiger partial charge in [0.2, 0.25) is 5.91 Å². The molecule has 0 spiro atoms. The molecule has 4 heteroatoms. The summed E-state index contributed by atoms with van der Waals surface area (Å²) in [6.45, 7) is 5.70. The number of hydrogen-bond donors (Lipinski definition) is 0. The van der Waals surface area contributed by atoms with Gasteiger partial charge in [-0.1, -0.05) is 56.9 Å². The minimum Gasteiger partial charge on any atom is -0.368 e. The standard InChI is InChI=1S/C25H33N3O/c1-2-3-4-5-6-7-25(29)28-20-18-27(19-21-28)24-12-10-22(11-13-24)8-9-23-14-16-26-17-15-23/h8-17H,2-7,18-21H2,1H3. The molecule has 2 aromatic rings. The van der Waals surface area contributed by atoms with Gasteiger partial charge in [-0.3, -0.25) is 9.78 Å². The Morgan fingerprint density at radius 3 is 2.14 bits per heavy atom. The zero-order valence-corrected chi connectivity index (χ0v) is 17.6. The smallest absolute Gasteiger partial charge is 0.222 e. The molecule has 0 bridgehead atoms. The van der Waals surface area contributed by atoms with Gasteiger partial charge < -0.3 is 9.80 Å². The first-order chi connectivity index (χ1) is 14.3. The lowest BCUT2D eigenvalue weighted by molar-refractivity contribution is -0.131. The molecule has 1 aromatic carbocycles. The first-order valence-corrected chi connectivity index (χ1v) is 11.0. The van der Waals surface area contributed by atoms with Crippen molar-refractivity contribution in [3.05, 3.63) is 59.9 Å². The van der Waals surface area contributed by atoms with Crippen LogP contribution in [0.25, 0.3) is 12.2 Å². The van der Waals surface area contributed by atoms with E-state index in [9.17, 15) is 4.79 Å². The number of piperazine rings is 1. The first kappa shape index (κ1) is 21.1. The summed E-state index contributed by atoms with van der Waals surface area (Å²) < 4.78 is 0. The van der Waals surface area contributed by atoms with Gasteiger partial charge >= 0.3 is 0 Å². The molecule has 1 aliphatic heterocycles. The molecule has 0 atom stereocenters. The van der Waals surface area contributed by atoms with E-state index >= 15 is 0 Å². The highest BCUT2D eigenvalue weighted by Crippen LogP contribution is 2.19. The number of hydrogen-bond acceptors (Lipinski definition) is 3. The lowest BCUT2D eigenvalue weighted by atomic mass is 10.1. The maximum atomic E-state index is 12.4. The SMILES string of the molecule is CCCCCCCC(=O)N1CCN(c2ccc(C=Cc3ccncc3)cc2)CC1. The molecule has 2 heterocycles. The van der Waals surface area contributed by atoms with Crippen molar-refractivity contribution >= 4 is 23.7 Å². The van der Waals surface area contributed by atoms with E-state index in [1.54, 1.807) is 12.4 Å². The predicted molar refractivity (Wildman–Crippen MR) is 122 cm³/mol. The summed E-state index contributed by atoms with van der Waals surface area (Å²) in [5, 5.41) is 0. The molecular formula is C25H33N3O. The number of benzene rings is 1. The van der Waals surface area contributed by atoms with Gasteiger partial charge in [-0.15, -0.1) is 0 Å². The molecular weight excluding hydrogens is 358 g/mol. The number of pyridine rings is 1. The predicted octanol–water partition coefficient (Wildman–Crippen LogP) is 5.26. The third-order valence-electron chi connectivity index (χ3n) is 5.56. The van der Waals surface area contributed by atoms with E-state index < -0.39 is 0 Å². The van der Waals surface area contributed by atoms with Crippen molar-refractivity contribution in [3.8, 4) is 0 Å². The van der Waals surface area contributed by atoms with Crippen LogP contribution >= 0.6 is 0 Å². The molecule has 0 unspecified atom stereocenters. The molecule has 0 saturated carbocycles. The Bertz CT molecular complexity index is 762. The van der Waals surface area contributed by atoms with Gasteiger partial charge in [0.05, 0.1) is 0 Å². The number of unbranched alkanes of at least 4 members (excludes halogenated alkanes) is 4. The molecule has 29 heavy (non-hydrogen) atoms. The zero-order chi connectivity index (χ0) is 20.3. The van der Waals surface area contributed by atoms with Crippen LogP contribution < -0.4 is 4.90 Å². The van der Waals surface area contributed by atoms with Crippen molar-refractivity contribution in [1.29, 1.82) is 0 Å². The quantitative estimate of drug-likeness (QED) is 0.547. The second-order valence-corrected chi connectivity index (χ2v) is 7.74. The highest BCUT2D eigenvalue weighted by atomic mass is 16.2. The van der Waals surface area contributed by atoms with Gasteiger partial charge in [0, 0.05) is 50.7 Å². The van der Waals surface area contributed by atoms with Crippen LogP contribution in [0.4, 0.5) is 5.69 Å². The van der Waals surface area contributed by atoms with Crippen molar-refractivity contribution in [2.75, 3.05) is 31.1 Å². The van der Waals surface area contributed by atoms with Crippen LogP contribution in [0.3, 0.4) is 0 Å². The number of rotatable bonds is 9. The molecule has 0 N–H and O–H groups in total. The summed E-state index contributed by atoms with van der Waals surface area (Å²) in [5.74, 6) is 0.331. The molecule has 1 aromatic heterocycles. The molecule has 1 amide bonds. The fourth-order valence-electron chi connectivity index (χ4n) is 3.72. The number of amides is 1. The topological polar surface area (TPSA) is 36.4 Å². The van der Waals surface area contributed by atoms with Gasteiger partial charge in [0.25, 0.3) is 0 Å². The first-order valence-electron chi connectivity index (χ1n) is 11.0. The molecule has 1 fully saturated rings. The van der Waals surface area contributed by atoms with E-state index in [0.29, 0.717) is 12.3 Å². The van der Waals surface area contributed by atoms with Crippen LogP contribution in [0.15, 0.2) is 48.8 Å². The lowest BCUT2D eigenvalue weighted by Gasteiger charge is -2.36. The summed E-state index contributed by atoms with van der Waals surface area (Å²) in [7, 11) is 0. The maximum Gasteiger partial charge on any atom is 0.222 e. The number of nitrogens with zero attached hydrogens (tertiary/aromatic N) is 3.